The van der Waals surface area contributed by atoms with Crippen LogP contribution in [0.15, 0.2) is 23.1 Å². The first-order chi connectivity index (χ1) is 8.94. The maximum Gasteiger partial charge on any atom is 0.261 e. The Bertz CT molecular complexity index is 560. The molecule has 0 heterocycles. The van der Waals surface area contributed by atoms with Crippen molar-refractivity contribution in [3.8, 4) is 11.5 Å². The third-order valence-corrected chi connectivity index (χ3v) is 3.76. The summed E-state index contributed by atoms with van der Waals surface area (Å²) in [6.45, 7) is 0. The molecule has 0 fully saturated rings. The van der Waals surface area contributed by atoms with Gasteiger partial charge in [-0.15, -0.1) is 4.83 Å². The van der Waals surface area contributed by atoms with Crippen molar-refractivity contribution in [1.29, 1.82) is 0 Å². The quantitative estimate of drug-likeness (QED) is 0.521. The van der Waals surface area contributed by atoms with Crippen LogP contribution in [0.5, 0.6) is 11.5 Å². The van der Waals surface area contributed by atoms with Crippen molar-refractivity contribution in [2.75, 3.05) is 21.3 Å². The molecule has 0 spiro atoms. The largest absolute Gasteiger partial charge is 0.497 e. The van der Waals surface area contributed by atoms with Crippen molar-refractivity contribution in [3.05, 3.63) is 18.2 Å². The van der Waals surface area contributed by atoms with E-state index in [0.717, 1.165) is 0 Å². The first-order valence-corrected chi connectivity index (χ1v) is 7.05. The summed E-state index contributed by atoms with van der Waals surface area (Å²) in [5, 5.41) is 2.72. The van der Waals surface area contributed by atoms with Gasteiger partial charge in [-0.1, -0.05) is 0 Å². The monoisotopic (exact) mass is 305 g/mol. The molecule has 0 amide bonds. The van der Waals surface area contributed by atoms with Gasteiger partial charge in [-0.2, -0.15) is 0 Å². The number of benzene rings is 1. The average Bonchev–Trinajstić information content (AvgIpc) is 2.43. The van der Waals surface area contributed by atoms with Gasteiger partial charge in [0.1, 0.15) is 16.4 Å². The van der Waals surface area contributed by atoms with Gasteiger partial charge in [0.2, 0.25) is 0 Å². The minimum Gasteiger partial charge on any atom is -0.497 e. The van der Waals surface area contributed by atoms with Gasteiger partial charge in [-0.25, -0.2) is 8.42 Å². The third kappa shape index (κ3) is 3.94. The molecule has 1 aromatic rings. The van der Waals surface area contributed by atoms with Crippen molar-refractivity contribution in [3.63, 3.8) is 0 Å². The molecule has 106 valence electrons. The third-order valence-electron chi connectivity index (χ3n) is 2.19. The van der Waals surface area contributed by atoms with Crippen LogP contribution < -0.4 is 25.0 Å². The second-order valence-corrected chi connectivity index (χ2v) is 5.39. The normalized spacial score (nSPS) is 10.7. The van der Waals surface area contributed by atoms with Crippen molar-refractivity contribution >= 4 is 27.4 Å². The number of nitrogens with one attached hydrogen (secondary N) is 3. The number of hydrazine groups is 1. The molecule has 1 rings (SSSR count). The molecular formula is C10H15N3O4S2. The highest BCUT2D eigenvalue weighted by molar-refractivity contribution is 7.89. The summed E-state index contributed by atoms with van der Waals surface area (Å²) in [6.07, 6.45) is 0. The zero-order valence-corrected chi connectivity index (χ0v) is 12.3. The fraction of sp³-hybridized carbons (Fsp3) is 0.300. The Labute approximate surface area is 117 Å². The number of thiocarbonyl (C=S) groups is 1. The van der Waals surface area contributed by atoms with E-state index in [2.05, 4.69) is 15.6 Å². The number of ether oxygens (including phenoxy) is 2. The van der Waals surface area contributed by atoms with Gasteiger partial charge in [-0.3, -0.25) is 5.43 Å². The van der Waals surface area contributed by atoms with E-state index in [0.29, 0.717) is 5.75 Å². The molecule has 0 aliphatic rings. The molecule has 0 unspecified atom stereocenters. The van der Waals surface area contributed by atoms with Gasteiger partial charge in [0.05, 0.1) is 14.2 Å². The lowest BCUT2D eigenvalue weighted by Crippen LogP contribution is -2.45. The fourth-order valence-electron chi connectivity index (χ4n) is 1.23. The summed E-state index contributed by atoms with van der Waals surface area (Å²) in [4.78, 5) is 2.08. The summed E-state index contributed by atoms with van der Waals surface area (Å²) >= 11 is 4.78. The molecule has 9 heteroatoms. The molecule has 0 saturated heterocycles. The predicted molar refractivity (Wildman–Crippen MR) is 74.7 cm³/mol. The molecule has 7 nitrogen and oxygen atoms in total. The van der Waals surface area contributed by atoms with Crippen LogP contribution >= 0.6 is 12.2 Å². The highest BCUT2D eigenvalue weighted by Crippen LogP contribution is 2.27. The van der Waals surface area contributed by atoms with Crippen molar-refractivity contribution < 1.29 is 17.9 Å². The number of rotatable bonds is 5. The molecular weight excluding hydrogens is 290 g/mol. The van der Waals surface area contributed by atoms with Crippen molar-refractivity contribution in [1.82, 2.24) is 15.6 Å². The Kier molecular flexibility index (Phi) is 5.33. The fourth-order valence-corrected chi connectivity index (χ4v) is 2.37. The lowest BCUT2D eigenvalue weighted by molar-refractivity contribution is 0.392. The van der Waals surface area contributed by atoms with Crippen LogP contribution in [0.4, 0.5) is 0 Å². The highest BCUT2D eigenvalue weighted by atomic mass is 32.2. The number of sulfonamides is 1. The number of methoxy groups -OCH3 is 2. The van der Waals surface area contributed by atoms with E-state index >= 15 is 0 Å². The smallest absolute Gasteiger partial charge is 0.261 e. The van der Waals surface area contributed by atoms with Crippen molar-refractivity contribution in [2.24, 2.45) is 0 Å². The number of hydrogen-bond acceptors (Lipinski definition) is 5. The summed E-state index contributed by atoms with van der Waals surface area (Å²) in [7, 11) is 0.557. The lowest BCUT2D eigenvalue weighted by Gasteiger charge is -2.13. The van der Waals surface area contributed by atoms with E-state index < -0.39 is 10.0 Å². The molecule has 1 aromatic carbocycles. The summed E-state index contributed by atoms with van der Waals surface area (Å²) in [5.41, 5.74) is 2.35. The topological polar surface area (TPSA) is 88.7 Å². The molecule has 0 bridgehead atoms. The van der Waals surface area contributed by atoms with Crippen LogP contribution in [0, 0.1) is 0 Å². The van der Waals surface area contributed by atoms with E-state index in [9.17, 15) is 8.42 Å². The molecule has 3 N–H and O–H groups in total. The average molecular weight is 305 g/mol. The molecule has 0 radical (unpaired) electrons. The van der Waals surface area contributed by atoms with Gasteiger partial charge >= 0.3 is 0 Å². The van der Waals surface area contributed by atoms with E-state index in [4.69, 9.17) is 21.7 Å². The van der Waals surface area contributed by atoms with Crippen molar-refractivity contribution in [2.45, 2.75) is 4.90 Å². The highest BCUT2D eigenvalue weighted by Gasteiger charge is 2.20. The Morgan fingerprint density at radius 3 is 2.47 bits per heavy atom. The maximum absolute atomic E-state index is 12.1. The van der Waals surface area contributed by atoms with Crippen LogP contribution in [0.2, 0.25) is 0 Å². The molecule has 0 saturated carbocycles. The van der Waals surface area contributed by atoms with Crippen LogP contribution in [0.25, 0.3) is 0 Å². The van der Waals surface area contributed by atoms with Crippen LogP contribution in [0.3, 0.4) is 0 Å². The first kappa shape index (κ1) is 15.5. The Balaban J connectivity index is 3.08. The Morgan fingerprint density at radius 1 is 1.26 bits per heavy atom. The summed E-state index contributed by atoms with van der Waals surface area (Å²) in [5.74, 6) is 0.600. The Morgan fingerprint density at radius 2 is 1.95 bits per heavy atom. The van der Waals surface area contributed by atoms with Gasteiger partial charge in [0.15, 0.2) is 5.11 Å². The Hall–Kier alpha value is -1.58. The van der Waals surface area contributed by atoms with Gasteiger partial charge in [0, 0.05) is 13.1 Å². The minimum atomic E-state index is -3.83. The van der Waals surface area contributed by atoms with Gasteiger partial charge < -0.3 is 14.8 Å². The maximum atomic E-state index is 12.1. The lowest BCUT2D eigenvalue weighted by atomic mass is 10.3. The van der Waals surface area contributed by atoms with Gasteiger partial charge in [-0.05, 0) is 24.4 Å². The van der Waals surface area contributed by atoms with Crippen LogP contribution in [-0.2, 0) is 10.0 Å². The predicted octanol–water partition coefficient (Wildman–Crippen LogP) is -0.00900. The van der Waals surface area contributed by atoms with E-state index in [1.165, 1.54) is 26.4 Å². The van der Waals surface area contributed by atoms with Crippen LogP contribution in [0.1, 0.15) is 0 Å². The molecule has 0 aromatic heterocycles. The first-order valence-electron chi connectivity index (χ1n) is 5.16. The van der Waals surface area contributed by atoms with E-state index in [1.807, 2.05) is 0 Å². The van der Waals surface area contributed by atoms with E-state index in [-0.39, 0.29) is 15.8 Å². The zero-order valence-electron chi connectivity index (χ0n) is 10.7. The standard InChI is InChI=1S/C10H15N3O4S2/c1-11-10(18)12-13-19(14,15)9-6-7(16-2)4-5-8(9)17-3/h4-6,13H,1-3H3,(H2,11,12,18). The summed E-state index contributed by atoms with van der Waals surface area (Å²) < 4.78 is 34.2. The molecule has 0 aliphatic heterocycles. The second kappa shape index (κ2) is 6.55. The molecule has 0 atom stereocenters. The SMILES string of the molecule is CNC(=S)NNS(=O)(=O)c1cc(OC)ccc1OC. The minimum absolute atomic E-state index is 0.0549. The molecule has 19 heavy (non-hydrogen) atoms. The van der Waals surface area contributed by atoms with Gasteiger partial charge in [0.25, 0.3) is 10.0 Å². The van der Waals surface area contributed by atoms with Crippen LogP contribution in [-0.4, -0.2) is 34.8 Å². The number of hydrogen-bond donors (Lipinski definition) is 3. The zero-order chi connectivity index (χ0) is 14.5. The molecule has 0 aliphatic carbocycles. The second-order valence-electron chi connectivity index (χ2n) is 3.33. The summed E-state index contributed by atoms with van der Waals surface area (Å²) in [6, 6.07) is 4.46. The van der Waals surface area contributed by atoms with E-state index in [1.54, 1.807) is 13.1 Å².